The summed E-state index contributed by atoms with van der Waals surface area (Å²) in [5.74, 6) is -2.26. The Kier molecular flexibility index (Phi) is 3.28. The highest BCUT2D eigenvalue weighted by atomic mass is 79.9. The van der Waals surface area contributed by atoms with Crippen LogP contribution in [0.5, 0.6) is 0 Å². The molecule has 1 aromatic heterocycles. The molecule has 1 aromatic carbocycles. The molecular formula is C12H6BrF2NO. The predicted octanol–water partition coefficient (Wildman–Crippen LogP) is 3.35. The lowest BCUT2D eigenvalue weighted by atomic mass is 10.1. The van der Waals surface area contributed by atoms with Gasteiger partial charge in [-0.3, -0.25) is 4.79 Å². The van der Waals surface area contributed by atoms with Crippen molar-refractivity contribution in [1.82, 2.24) is 4.98 Å². The molecule has 0 saturated heterocycles. The molecule has 0 aliphatic carbocycles. The van der Waals surface area contributed by atoms with Crippen molar-refractivity contribution >= 4 is 21.7 Å². The van der Waals surface area contributed by atoms with Crippen LogP contribution in [0.3, 0.4) is 0 Å². The molecule has 2 nitrogen and oxygen atoms in total. The maximum atomic E-state index is 13.7. The molecule has 0 aliphatic rings. The summed E-state index contributed by atoms with van der Waals surface area (Å²) >= 11 is 2.96. The number of hydrogen-bond donors (Lipinski definition) is 0. The van der Waals surface area contributed by atoms with Crippen molar-refractivity contribution in [3.05, 3.63) is 63.9 Å². The molecule has 0 atom stereocenters. The van der Waals surface area contributed by atoms with Crippen molar-refractivity contribution < 1.29 is 13.6 Å². The van der Waals surface area contributed by atoms with Crippen LogP contribution in [0.1, 0.15) is 16.1 Å². The Bertz CT molecular complexity index is 586. The van der Waals surface area contributed by atoms with E-state index >= 15 is 0 Å². The summed E-state index contributed by atoms with van der Waals surface area (Å²) in [6, 6.07) is 6.72. The van der Waals surface area contributed by atoms with Gasteiger partial charge in [0.1, 0.15) is 11.5 Å². The predicted molar refractivity (Wildman–Crippen MR) is 61.7 cm³/mol. The molecule has 0 radical (unpaired) electrons. The van der Waals surface area contributed by atoms with Gasteiger partial charge in [-0.05, 0) is 40.2 Å². The van der Waals surface area contributed by atoms with E-state index in [0.29, 0.717) is 0 Å². The fraction of sp³-hybridized carbons (Fsp3) is 0. The zero-order valence-corrected chi connectivity index (χ0v) is 10.0. The van der Waals surface area contributed by atoms with Gasteiger partial charge in [0.2, 0.25) is 5.78 Å². The third kappa shape index (κ3) is 2.24. The number of carbonyl (C=O) groups is 1. The number of nitrogens with zero attached hydrogens (tertiary/aromatic N) is 1. The van der Waals surface area contributed by atoms with Crippen molar-refractivity contribution in [2.45, 2.75) is 0 Å². The standard InChI is InChI=1S/C12H6BrF2NO/c13-8-4-1-3-7(10(8)15)12(17)11-9(14)5-2-6-16-11/h1-6H. The van der Waals surface area contributed by atoms with Gasteiger partial charge in [0.25, 0.3) is 0 Å². The van der Waals surface area contributed by atoms with E-state index < -0.39 is 17.4 Å². The van der Waals surface area contributed by atoms with E-state index in [9.17, 15) is 13.6 Å². The number of benzene rings is 1. The molecule has 0 fully saturated rings. The second-order valence-corrected chi connectivity index (χ2v) is 4.12. The van der Waals surface area contributed by atoms with Gasteiger partial charge in [-0.15, -0.1) is 0 Å². The van der Waals surface area contributed by atoms with Gasteiger partial charge in [0.15, 0.2) is 5.82 Å². The average Bonchev–Trinajstić information content (AvgIpc) is 2.32. The second kappa shape index (κ2) is 4.71. The minimum absolute atomic E-state index is 0.152. The number of rotatable bonds is 2. The largest absolute Gasteiger partial charge is 0.287 e. The van der Waals surface area contributed by atoms with Gasteiger partial charge in [0, 0.05) is 6.20 Å². The van der Waals surface area contributed by atoms with Crippen LogP contribution in [0.2, 0.25) is 0 Å². The summed E-state index contributed by atoms with van der Waals surface area (Å²) in [5.41, 5.74) is -0.596. The first kappa shape index (κ1) is 11.9. The van der Waals surface area contributed by atoms with Crippen LogP contribution in [0.15, 0.2) is 41.0 Å². The lowest BCUT2D eigenvalue weighted by Gasteiger charge is -2.03. The Balaban J connectivity index is 2.52. The number of hydrogen-bond acceptors (Lipinski definition) is 2. The van der Waals surface area contributed by atoms with E-state index in [-0.39, 0.29) is 15.7 Å². The smallest absolute Gasteiger partial charge is 0.217 e. The lowest BCUT2D eigenvalue weighted by molar-refractivity contribution is 0.102. The molecule has 0 N–H and O–H groups in total. The summed E-state index contributed by atoms with van der Waals surface area (Å²) in [5, 5.41) is 0. The van der Waals surface area contributed by atoms with Crippen LogP contribution in [-0.2, 0) is 0 Å². The molecule has 0 bridgehead atoms. The van der Waals surface area contributed by atoms with Crippen LogP contribution < -0.4 is 0 Å². The maximum absolute atomic E-state index is 13.7. The Hall–Kier alpha value is -1.62. The zero-order valence-electron chi connectivity index (χ0n) is 8.45. The quantitative estimate of drug-likeness (QED) is 0.796. The van der Waals surface area contributed by atoms with E-state index in [4.69, 9.17) is 0 Å². The van der Waals surface area contributed by atoms with Gasteiger partial charge in [0.05, 0.1) is 10.0 Å². The van der Waals surface area contributed by atoms with Crippen molar-refractivity contribution in [3.63, 3.8) is 0 Å². The maximum Gasteiger partial charge on any atom is 0.217 e. The second-order valence-electron chi connectivity index (χ2n) is 3.26. The van der Waals surface area contributed by atoms with E-state index in [0.717, 1.165) is 6.07 Å². The molecular weight excluding hydrogens is 292 g/mol. The third-order valence-corrected chi connectivity index (χ3v) is 2.78. The number of ketones is 1. The Labute approximate surface area is 104 Å². The molecule has 0 spiro atoms. The molecule has 17 heavy (non-hydrogen) atoms. The molecule has 0 aliphatic heterocycles. The van der Waals surface area contributed by atoms with E-state index in [1.54, 1.807) is 0 Å². The number of halogens is 3. The van der Waals surface area contributed by atoms with Crippen LogP contribution in [0.4, 0.5) is 8.78 Å². The molecule has 2 rings (SSSR count). The molecule has 0 unspecified atom stereocenters. The number of carbonyl (C=O) groups excluding carboxylic acids is 1. The minimum Gasteiger partial charge on any atom is -0.287 e. The number of aromatic nitrogens is 1. The first-order valence-electron chi connectivity index (χ1n) is 4.70. The third-order valence-electron chi connectivity index (χ3n) is 2.17. The highest BCUT2D eigenvalue weighted by Crippen LogP contribution is 2.21. The first-order valence-corrected chi connectivity index (χ1v) is 5.50. The minimum atomic E-state index is -0.776. The van der Waals surface area contributed by atoms with Crippen LogP contribution in [-0.4, -0.2) is 10.8 Å². The molecule has 5 heteroatoms. The highest BCUT2D eigenvalue weighted by Gasteiger charge is 2.19. The molecule has 1 heterocycles. The Morgan fingerprint density at radius 3 is 2.65 bits per heavy atom. The lowest BCUT2D eigenvalue weighted by Crippen LogP contribution is -2.09. The van der Waals surface area contributed by atoms with Gasteiger partial charge >= 0.3 is 0 Å². The van der Waals surface area contributed by atoms with E-state index in [1.165, 1.54) is 30.5 Å². The fourth-order valence-electron chi connectivity index (χ4n) is 1.36. The van der Waals surface area contributed by atoms with Gasteiger partial charge in [-0.25, -0.2) is 13.8 Å². The van der Waals surface area contributed by atoms with Crippen molar-refractivity contribution in [2.24, 2.45) is 0 Å². The van der Waals surface area contributed by atoms with Crippen LogP contribution >= 0.6 is 15.9 Å². The molecule has 2 aromatic rings. The average molecular weight is 298 g/mol. The van der Waals surface area contributed by atoms with Crippen molar-refractivity contribution in [1.29, 1.82) is 0 Å². The first-order chi connectivity index (χ1) is 8.11. The highest BCUT2D eigenvalue weighted by molar-refractivity contribution is 9.10. The number of pyridine rings is 1. The van der Waals surface area contributed by atoms with Crippen LogP contribution in [0.25, 0.3) is 0 Å². The van der Waals surface area contributed by atoms with Gasteiger partial charge in [-0.1, -0.05) is 6.07 Å². The summed E-state index contributed by atoms with van der Waals surface area (Å²) in [6.07, 6.45) is 1.28. The summed E-state index contributed by atoms with van der Waals surface area (Å²) < 4.78 is 27.1. The molecule has 0 saturated carbocycles. The molecule has 86 valence electrons. The summed E-state index contributed by atoms with van der Waals surface area (Å²) in [6.45, 7) is 0. The monoisotopic (exact) mass is 297 g/mol. The Morgan fingerprint density at radius 1 is 1.18 bits per heavy atom. The van der Waals surface area contributed by atoms with E-state index in [1.807, 2.05) is 0 Å². The van der Waals surface area contributed by atoms with Gasteiger partial charge in [-0.2, -0.15) is 0 Å². The molecule has 0 amide bonds. The van der Waals surface area contributed by atoms with Crippen molar-refractivity contribution in [2.75, 3.05) is 0 Å². The SMILES string of the molecule is O=C(c1cccc(Br)c1F)c1ncccc1F. The zero-order chi connectivity index (χ0) is 12.4. The Morgan fingerprint density at radius 2 is 1.94 bits per heavy atom. The topological polar surface area (TPSA) is 30.0 Å². The van der Waals surface area contributed by atoms with Crippen LogP contribution in [0, 0.1) is 11.6 Å². The van der Waals surface area contributed by atoms with Crippen molar-refractivity contribution in [3.8, 4) is 0 Å². The fourth-order valence-corrected chi connectivity index (χ4v) is 1.73. The normalized spacial score (nSPS) is 10.3. The summed E-state index contributed by atoms with van der Waals surface area (Å²) in [7, 11) is 0. The van der Waals surface area contributed by atoms with Gasteiger partial charge < -0.3 is 0 Å². The van der Waals surface area contributed by atoms with E-state index in [2.05, 4.69) is 20.9 Å². The summed E-state index contributed by atoms with van der Waals surface area (Å²) in [4.78, 5) is 15.5.